The van der Waals surface area contributed by atoms with Crippen LogP contribution < -0.4 is 0 Å². The van der Waals surface area contributed by atoms with Gasteiger partial charge in [-0.1, -0.05) is 30.3 Å². The van der Waals surface area contributed by atoms with E-state index in [0.29, 0.717) is 12.8 Å². The van der Waals surface area contributed by atoms with Crippen LogP contribution in [0, 0.1) is 0 Å². The minimum absolute atomic E-state index is 0.151. The number of carboxylic acids is 4. The van der Waals surface area contributed by atoms with Gasteiger partial charge in [-0.25, -0.2) is 9.59 Å². The average molecular weight is 484 g/mol. The van der Waals surface area contributed by atoms with Crippen molar-refractivity contribution in [3.05, 3.63) is 35.9 Å². The van der Waals surface area contributed by atoms with E-state index in [9.17, 15) is 39.0 Å². The molecule has 13 heteroatoms. The standard InChI is InChI=1S/C21H24O13/c22-14(23)9-20(32,18(28)29)11-17(27)34-21(19(30)31,10-15(24)25)12-16(26)33-8-4-7-13-5-2-1-3-6-13/h1-3,5-6,32H,4,7-12H2,(H,22,23)(H,24,25)(H,28,29)(H,30,31). The molecule has 0 spiro atoms. The highest BCUT2D eigenvalue weighted by molar-refractivity contribution is 5.93. The first-order chi connectivity index (χ1) is 15.8. The normalized spacial score (nSPS) is 14.1. The topological polar surface area (TPSA) is 222 Å². The number of ether oxygens (including phenoxy) is 2. The second kappa shape index (κ2) is 12.3. The van der Waals surface area contributed by atoms with Crippen molar-refractivity contribution in [3.8, 4) is 0 Å². The van der Waals surface area contributed by atoms with E-state index >= 15 is 0 Å². The Kier molecular flexibility index (Phi) is 10.1. The number of esters is 2. The summed E-state index contributed by atoms with van der Waals surface area (Å²) in [7, 11) is 0. The van der Waals surface area contributed by atoms with Gasteiger partial charge in [0.05, 0.1) is 32.3 Å². The summed E-state index contributed by atoms with van der Waals surface area (Å²) in [5.41, 5.74) is -5.19. The zero-order chi connectivity index (χ0) is 25.9. The van der Waals surface area contributed by atoms with Crippen molar-refractivity contribution in [2.24, 2.45) is 0 Å². The van der Waals surface area contributed by atoms with Crippen molar-refractivity contribution in [2.45, 2.75) is 49.7 Å². The highest BCUT2D eigenvalue weighted by Gasteiger charge is 2.50. The first kappa shape index (κ1) is 28.0. The number of carbonyl (C=O) groups is 6. The summed E-state index contributed by atoms with van der Waals surface area (Å²) in [6, 6.07) is 9.12. The number of aliphatic carboxylic acids is 4. The Morgan fingerprint density at radius 1 is 0.735 bits per heavy atom. The molecule has 0 saturated carbocycles. The van der Waals surface area contributed by atoms with Gasteiger partial charge in [0.1, 0.15) is 0 Å². The first-order valence-corrected chi connectivity index (χ1v) is 9.84. The number of carboxylic acid groups (broad SMARTS) is 4. The molecule has 0 aliphatic rings. The van der Waals surface area contributed by atoms with Crippen LogP contribution >= 0.6 is 0 Å². The third kappa shape index (κ3) is 8.86. The minimum Gasteiger partial charge on any atom is -0.481 e. The molecule has 186 valence electrons. The van der Waals surface area contributed by atoms with E-state index in [1.54, 1.807) is 0 Å². The monoisotopic (exact) mass is 484 g/mol. The van der Waals surface area contributed by atoms with E-state index in [0.717, 1.165) is 5.56 Å². The Balaban J connectivity index is 2.90. The quantitative estimate of drug-likeness (QED) is 0.164. The number of hydrogen-bond donors (Lipinski definition) is 5. The SMILES string of the molecule is O=C(O)CC(O)(CC(=O)OC(CC(=O)O)(CC(=O)OCCCc1ccccc1)C(=O)O)C(=O)O. The van der Waals surface area contributed by atoms with Gasteiger partial charge in [-0.05, 0) is 18.4 Å². The molecular weight excluding hydrogens is 460 g/mol. The van der Waals surface area contributed by atoms with Gasteiger partial charge in [0, 0.05) is 0 Å². The van der Waals surface area contributed by atoms with Crippen LogP contribution in [0.2, 0.25) is 0 Å². The lowest BCUT2D eigenvalue weighted by molar-refractivity contribution is -0.192. The van der Waals surface area contributed by atoms with Crippen molar-refractivity contribution < 1.29 is 63.8 Å². The summed E-state index contributed by atoms with van der Waals surface area (Å²) in [4.78, 5) is 69.4. The third-order valence-corrected chi connectivity index (χ3v) is 4.56. The Morgan fingerprint density at radius 2 is 1.32 bits per heavy atom. The molecule has 0 amide bonds. The number of carbonyl (C=O) groups excluding carboxylic acids is 2. The number of hydrogen-bond acceptors (Lipinski definition) is 9. The lowest BCUT2D eigenvalue weighted by atomic mass is 9.93. The van der Waals surface area contributed by atoms with E-state index in [4.69, 9.17) is 20.1 Å². The van der Waals surface area contributed by atoms with E-state index in [1.165, 1.54) is 0 Å². The van der Waals surface area contributed by atoms with Gasteiger partial charge in [0.25, 0.3) is 0 Å². The minimum atomic E-state index is -3.16. The molecule has 0 aromatic heterocycles. The van der Waals surface area contributed by atoms with Crippen LogP contribution in [-0.2, 0) is 44.7 Å². The molecule has 1 aromatic rings. The summed E-state index contributed by atoms with van der Waals surface area (Å²) in [5, 5.41) is 46.3. The molecule has 13 nitrogen and oxygen atoms in total. The van der Waals surface area contributed by atoms with Crippen LogP contribution in [-0.4, -0.2) is 79.2 Å². The van der Waals surface area contributed by atoms with E-state index in [2.05, 4.69) is 4.74 Å². The van der Waals surface area contributed by atoms with Crippen LogP contribution in [0.1, 0.15) is 37.7 Å². The number of aliphatic hydroxyl groups is 1. The van der Waals surface area contributed by atoms with Gasteiger partial charge in [-0.2, -0.15) is 0 Å². The predicted molar refractivity (Wildman–Crippen MR) is 109 cm³/mol. The average Bonchev–Trinajstić information content (AvgIpc) is 2.70. The largest absolute Gasteiger partial charge is 0.481 e. The maximum Gasteiger partial charge on any atom is 0.349 e. The zero-order valence-electron chi connectivity index (χ0n) is 17.8. The van der Waals surface area contributed by atoms with Crippen LogP contribution in [0.15, 0.2) is 30.3 Å². The molecule has 2 atom stereocenters. The number of rotatable bonds is 15. The van der Waals surface area contributed by atoms with Gasteiger partial charge >= 0.3 is 35.8 Å². The fourth-order valence-corrected chi connectivity index (χ4v) is 2.92. The van der Waals surface area contributed by atoms with E-state index in [-0.39, 0.29) is 6.61 Å². The maximum absolute atomic E-state index is 12.2. The molecule has 0 fully saturated rings. The van der Waals surface area contributed by atoms with Crippen molar-refractivity contribution in [1.82, 2.24) is 0 Å². The highest BCUT2D eigenvalue weighted by atomic mass is 16.6. The predicted octanol–water partition coefficient (Wildman–Crippen LogP) is 0.0743. The van der Waals surface area contributed by atoms with Crippen molar-refractivity contribution in [3.63, 3.8) is 0 Å². The molecule has 34 heavy (non-hydrogen) atoms. The Labute approximate surface area is 192 Å². The Bertz CT molecular complexity index is 926. The third-order valence-electron chi connectivity index (χ3n) is 4.56. The second-order valence-corrected chi connectivity index (χ2v) is 7.41. The molecule has 0 bridgehead atoms. The Morgan fingerprint density at radius 3 is 1.82 bits per heavy atom. The van der Waals surface area contributed by atoms with Gasteiger partial charge in [0.15, 0.2) is 5.60 Å². The van der Waals surface area contributed by atoms with E-state index in [1.807, 2.05) is 30.3 Å². The molecule has 0 aliphatic heterocycles. The van der Waals surface area contributed by atoms with Crippen LogP contribution in [0.3, 0.4) is 0 Å². The van der Waals surface area contributed by atoms with Gasteiger partial charge in [-0.3, -0.25) is 19.2 Å². The molecule has 0 heterocycles. The summed E-state index contributed by atoms with van der Waals surface area (Å²) in [5.74, 6) is -10.7. The zero-order valence-corrected chi connectivity index (χ0v) is 17.8. The van der Waals surface area contributed by atoms with Crippen molar-refractivity contribution in [1.29, 1.82) is 0 Å². The molecule has 2 unspecified atom stereocenters. The lowest BCUT2D eigenvalue weighted by Gasteiger charge is -2.28. The van der Waals surface area contributed by atoms with Crippen molar-refractivity contribution in [2.75, 3.05) is 6.61 Å². The highest BCUT2D eigenvalue weighted by Crippen LogP contribution is 2.26. The lowest BCUT2D eigenvalue weighted by Crippen LogP contribution is -2.49. The molecule has 1 rings (SSSR count). The molecule has 0 aliphatic carbocycles. The fourth-order valence-electron chi connectivity index (χ4n) is 2.92. The molecule has 0 radical (unpaired) electrons. The van der Waals surface area contributed by atoms with Gasteiger partial charge in [0.2, 0.25) is 5.60 Å². The summed E-state index contributed by atoms with van der Waals surface area (Å²) < 4.78 is 9.56. The summed E-state index contributed by atoms with van der Waals surface area (Å²) >= 11 is 0. The fraction of sp³-hybridized carbons (Fsp3) is 0.429. The van der Waals surface area contributed by atoms with Crippen LogP contribution in [0.5, 0.6) is 0 Å². The Hall–Kier alpha value is -4.00. The first-order valence-electron chi connectivity index (χ1n) is 9.84. The van der Waals surface area contributed by atoms with Crippen LogP contribution in [0.25, 0.3) is 0 Å². The van der Waals surface area contributed by atoms with Gasteiger partial charge < -0.3 is 35.0 Å². The number of aryl methyl sites for hydroxylation is 1. The molecule has 5 N–H and O–H groups in total. The summed E-state index contributed by atoms with van der Waals surface area (Å²) in [6.07, 6.45) is -4.68. The second-order valence-electron chi connectivity index (χ2n) is 7.41. The molecular formula is C21H24O13. The molecule has 1 aromatic carbocycles. The van der Waals surface area contributed by atoms with E-state index < -0.39 is 72.7 Å². The number of benzene rings is 1. The van der Waals surface area contributed by atoms with Crippen molar-refractivity contribution >= 4 is 35.8 Å². The van der Waals surface area contributed by atoms with Crippen LogP contribution in [0.4, 0.5) is 0 Å². The smallest absolute Gasteiger partial charge is 0.349 e. The molecule has 0 saturated heterocycles. The maximum atomic E-state index is 12.2. The summed E-state index contributed by atoms with van der Waals surface area (Å²) in [6.45, 7) is -0.151. The van der Waals surface area contributed by atoms with Gasteiger partial charge in [-0.15, -0.1) is 0 Å².